The number of hydrogen-bond acceptors (Lipinski definition) is 8. The van der Waals surface area contributed by atoms with Gasteiger partial charge in [-0.25, -0.2) is 4.98 Å². The monoisotopic (exact) mass is 592 g/mol. The first-order chi connectivity index (χ1) is 21.0. The number of carbonyl (C=O) groups excluding carboxylic acids is 1. The lowest BCUT2D eigenvalue weighted by molar-refractivity contribution is -0.0893. The number of aromatic nitrogens is 2. The molecule has 3 aromatic rings. The second kappa shape index (κ2) is 14.8. The van der Waals surface area contributed by atoms with Crippen molar-refractivity contribution in [3.8, 4) is 22.8 Å². The number of carbonyl (C=O) groups is 1. The second-order valence-electron chi connectivity index (χ2n) is 11.3. The van der Waals surface area contributed by atoms with Gasteiger partial charge in [0, 0.05) is 57.9 Å². The molecule has 2 fully saturated rings. The average molecular weight is 593 g/mol. The maximum absolute atomic E-state index is 14.3. The molecule has 1 amide bonds. The Hall–Kier alpha value is -3.44. The van der Waals surface area contributed by atoms with E-state index in [1.54, 1.807) is 20.5 Å². The van der Waals surface area contributed by atoms with Crippen LogP contribution in [-0.2, 0) is 9.47 Å². The van der Waals surface area contributed by atoms with Gasteiger partial charge in [-0.05, 0) is 25.0 Å². The van der Waals surface area contributed by atoms with Crippen molar-refractivity contribution in [2.75, 3.05) is 60.3 Å². The van der Waals surface area contributed by atoms with Gasteiger partial charge in [0.25, 0.3) is 5.91 Å². The Bertz CT molecular complexity index is 1310. The lowest BCUT2D eigenvalue weighted by Crippen LogP contribution is -2.54. The van der Waals surface area contributed by atoms with Crippen LogP contribution in [-0.4, -0.2) is 97.4 Å². The molecule has 0 radical (unpaired) electrons. The first kappa shape index (κ1) is 31.0. The molecule has 0 bridgehead atoms. The predicted octanol–water partition coefficient (Wildman–Crippen LogP) is 3.95. The van der Waals surface area contributed by atoms with Crippen LogP contribution in [0.2, 0.25) is 0 Å². The van der Waals surface area contributed by atoms with Crippen molar-refractivity contribution in [2.45, 2.75) is 49.8 Å². The number of benzene rings is 2. The summed E-state index contributed by atoms with van der Waals surface area (Å²) in [5, 5.41) is 15.1. The largest absolute Gasteiger partial charge is 0.493 e. The standard InChI is InChI=1S/C33H44N4O6/c1-40-19-20-43-28-12-8-11-27(21-28)42-18-14-26-22-34-16-17-36(26)32(38)30-31(25-9-4-3-5-10-25)37(24-35-30)29-13-6-7-15-33(29,39)23-41-2/h3-5,8-12,21,24,26,29,34,39H,6-7,13-20,22-23H2,1-2H3/t26-,29-,33-/m1/s1. The molecule has 0 unspecified atom stereocenters. The average Bonchev–Trinajstić information content (AvgIpc) is 3.47. The number of methoxy groups -OCH3 is 2. The highest BCUT2D eigenvalue weighted by atomic mass is 16.5. The van der Waals surface area contributed by atoms with E-state index in [-0.39, 0.29) is 24.6 Å². The van der Waals surface area contributed by atoms with E-state index < -0.39 is 5.60 Å². The van der Waals surface area contributed by atoms with Crippen LogP contribution in [0.25, 0.3) is 11.3 Å². The molecule has 2 aromatic carbocycles. The van der Waals surface area contributed by atoms with Crippen LogP contribution in [0.5, 0.6) is 11.5 Å². The minimum Gasteiger partial charge on any atom is -0.493 e. The van der Waals surface area contributed by atoms with E-state index in [1.165, 1.54) is 0 Å². The molecule has 0 spiro atoms. The smallest absolute Gasteiger partial charge is 0.275 e. The van der Waals surface area contributed by atoms with E-state index >= 15 is 0 Å². The Morgan fingerprint density at radius 3 is 2.58 bits per heavy atom. The lowest BCUT2D eigenvalue weighted by atomic mass is 9.80. The minimum atomic E-state index is -1.03. The van der Waals surface area contributed by atoms with Crippen LogP contribution in [0.3, 0.4) is 0 Å². The Morgan fingerprint density at radius 1 is 1.02 bits per heavy atom. The molecule has 1 aliphatic heterocycles. The molecule has 1 aliphatic carbocycles. The van der Waals surface area contributed by atoms with Gasteiger partial charge in [-0.15, -0.1) is 0 Å². The van der Waals surface area contributed by atoms with Crippen LogP contribution in [0.4, 0.5) is 0 Å². The molecule has 232 valence electrons. The van der Waals surface area contributed by atoms with E-state index in [0.717, 1.165) is 42.0 Å². The molecule has 10 heteroatoms. The maximum Gasteiger partial charge on any atom is 0.275 e. The van der Waals surface area contributed by atoms with Crippen molar-refractivity contribution < 1.29 is 28.8 Å². The molecular weight excluding hydrogens is 548 g/mol. The molecule has 43 heavy (non-hydrogen) atoms. The number of aliphatic hydroxyl groups is 1. The van der Waals surface area contributed by atoms with E-state index in [0.29, 0.717) is 58.0 Å². The zero-order valence-electron chi connectivity index (χ0n) is 25.2. The molecule has 2 heterocycles. The Balaban J connectivity index is 1.35. The summed E-state index contributed by atoms with van der Waals surface area (Å²) in [7, 11) is 3.26. The molecule has 1 saturated carbocycles. The summed E-state index contributed by atoms with van der Waals surface area (Å²) in [4.78, 5) is 20.9. The summed E-state index contributed by atoms with van der Waals surface area (Å²) < 4.78 is 24.3. The van der Waals surface area contributed by atoms with Crippen LogP contribution in [0.1, 0.15) is 48.6 Å². The normalized spacial score (nSPS) is 22.3. The molecular formula is C33H44N4O6. The van der Waals surface area contributed by atoms with Crippen molar-refractivity contribution in [3.05, 3.63) is 66.6 Å². The third-order valence-corrected chi connectivity index (χ3v) is 8.42. The maximum atomic E-state index is 14.3. The van der Waals surface area contributed by atoms with Crippen LogP contribution in [0.15, 0.2) is 60.9 Å². The van der Waals surface area contributed by atoms with Gasteiger partial charge < -0.3 is 38.8 Å². The quantitative estimate of drug-likeness (QED) is 0.288. The number of ether oxygens (including phenoxy) is 4. The van der Waals surface area contributed by atoms with E-state index in [2.05, 4.69) is 5.32 Å². The van der Waals surface area contributed by atoms with Crippen LogP contribution >= 0.6 is 0 Å². The molecule has 2 aliphatic rings. The van der Waals surface area contributed by atoms with E-state index in [4.69, 9.17) is 23.9 Å². The second-order valence-corrected chi connectivity index (χ2v) is 11.3. The van der Waals surface area contributed by atoms with Gasteiger partial charge >= 0.3 is 0 Å². The summed E-state index contributed by atoms with van der Waals surface area (Å²) >= 11 is 0. The number of nitrogens with one attached hydrogen (secondary N) is 1. The topological polar surface area (TPSA) is 107 Å². The molecule has 3 atom stereocenters. The molecule has 5 rings (SSSR count). The van der Waals surface area contributed by atoms with Crippen molar-refractivity contribution in [2.24, 2.45) is 0 Å². The highest BCUT2D eigenvalue weighted by Gasteiger charge is 2.42. The number of hydrogen-bond donors (Lipinski definition) is 2. The minimum absolute atomic E-state index is 0.0590. The molecule has 1 aromatic heterocycles. The Kier molecular flexibility index (Phi) is 10.7. The number of piperazine rings is 1. The fourth-order valence-electron chi connectivity index (χ4n) is 6.29. The van der Waals surface area contributed by atoms with Gasteiger partial charge in [-0.1, -0.05) is 49.2 Å². The van der Waals surface area contributed by atoms with Gasteiger partial charge in [-0.2, -0.15) is 0 Å². The number of nitrogens with zero attached hydrogens (tertiary/aromatic N) is 3. The summed E-state index contributed by atoms with van der Waals surface area (Å²) in [6.45, 7) is 3.62. The number of rotatable bonds is 13. The predicted molar refractivity (Wildman–Crippen MR) is 164 cm³/mol. The Morgan fingerprint density at radius 2 is 1.81 bits per heavy atom. The Labute approximate surface area is 253 Å². The van der Waals surface area contributed by atoms with E-state index in [9.17, 15) is 9.90 Å². The third-order valence-electron chi connectivity index (χ3n) is 8.42. The number of imidazole rings is 1. The van der Waals surface area contributed by atoms with Gasteiger partial charge in [0.15, 0.2) is 5.69 Å². The van der Waals surface area contributed by atoms with Crippen molar-refractivity contribution in [1.82, 2.24) is 19.8 Å². The first-order valence-electron chi connectivity index (χ1n) is 15.2. The summed E-state index contributed by atoms with van der Waals surface area (Å²) in [6, 6.07) is 17.1. The summed E-state index contributed by atoms with van der Waals surface area (Å²) in [5.74, 6) is 1.34. The van der Waals surface area contributed by atoms with Gasteiger partial charge in [-0.3, -0.25) is 4.79 Å². The molecule has 2 N–H and O–H groups in total. The van der Waals surface area contributed by atoms with Gasteiger partial charge in [0.1, 0.15) is 23.7 Å². The molecule has 10 nitrogen and oxygen atoms in total. The molecule has 1 saturated heterocycles. The zero-order valence-corrected chi connectivity index (χ0v) is 25.2. The fourth-order valence-corrected chi connectivity index (χ4v) is 6.29. The van der Waals surface area contributed by atoms with Gasteiger partial charge in [0.05, 0.1) is 37.9 Å². The van der Waals surface area contributed by atoms with Crippen molar-refractivity contribution >= 4 is 5.91 Å². The van der Waals surface area contributed by atoms with Crippen molar-refractivity contribution in [1.29, 1.82) is 0 Å². The SMILES string of the molecule is COCCOc1cccc(OCC[C@@H]2CNCCN2C(=O)c2ncn([C@@H]3CCCC[C@@]3(O)COC)c2-c2ccccc2)c1. The summed E-state index contributed by atoms with van der Waals surface area (Å²) in [6.07, 6.45) is 5.75. The number of amides is 1. The van der Waals surface area contributed by atoms with Gasteiger partial charge in [0.2, 0.25) is 0 Å². The fraction of sp³-hybridized carbons (Fsp3) is 0.515. The zero-order chi connectivity index (χ0) is 30.1. The van der Waals surface area contributed by atoms with E-state index in [1.807, 2.05) is 64.1 Å². The van der Waals surface area contributed by atoms with Crippen molar-refractivity contribution in [3.63, 3.8) is 0 Å². The lowest BCUT2D eigenvalue weighted by Gasteiger charge is -2.41. The summed E-state index contributed by atoms with van der Waals surface area (Å²) in [5.41, 5.74) is 1.02. The highest BCUT2D eigenvalue weighted by molar-refractivity contribution is 5.98. The van der Waals surface area contributed by atoms with Crippen LogP contribution in [0, 0.1) is 0 Å². The van der Waals surface area contributed by atoms with Crippen LogP contribution < -0.4 is 14.8 Å². The highest BCUT2D eigenvalue weighted by Crippen LogP contribution is 2.41. The third kappa shape index (κ3) is 7.38. The first-order valence-corrected chi connectivity index (χ1v) is 15.2.